The molecule has 125 valence electrons. The molecule has 0 nitrogen and oxygen atoms in total. The van der Waals surface area contributed by atoms with Gasteiger partial charge in [-0.2, -0.15) is 0 Å². The summed E-state index contributed by atoms with van der Waals surface area (Å²) in [6.07, 6.45) is 4.34. The maximum absolute atomic E-state index is 6.76. The lowest BCUT2D eigenvalue weighted by molar-refractivity contribution is 1.45. The first-order valence-electron chi connectivity index (χ1n) is 8.60. The van der Waals surface area contributed by atoms with Crippen LogP contribution in [0.25, 0.3) is 38.7 Å². The standard InChI is InChI=1S/C24H15Cl2/c25-14-15-10-16-5-3-7-20(22(16)11-15)19-9-8-18-12-17-4-1-2-6-21(17)24(26)23(18)13-19/h1-13H,14H2. The zero-order valence-corrected chi connectivity index (χ0v) is 15.5. The lowest BCUT2D eigenvalue weighted by atomic mass is 9.94. The van der Waals surface area contributed by atoms with Gasteiger partial charge in [-0.3, -0.25) is 0 Å². The van der Waals surface area contributed by atoms with E-state index in [0.29, 0.717) is 5.88 Å². The fraction of sp³-hybridized carbons (Fsp3) is 0.0417. The first-order chi connectivity index (χ1) is 12.7. The monoisotopic (exact) mass is 373 g/mol. The zero-order chi connectivity index (χ0) is 17.7. The number of halogens is 2. The normalized spacial score (nSPS) is 13.2. The number of hydrogen-bond donors (Lipinski definition) is 0. The lowest BCUT2D eigenvalue weighted by Crippen LogP contribution is -1.87. The molecule has 0 amide bonds. The van der Waals surface area contributed by atoms with Gasteiger partial charge >= 0.3 is 0 Å². The van der Waals surface area contributed by atoms with Crippen LogP contribution in [0.1, 0.15) is 11.1 Å². The van der Waals surface area contributed by atoms with Gasteiger partial charge in [-0.05, 0) is 50.7 Å². The first kappa shape index (κ1) is 15.9. The number of rotatable bonds is 2. The van der Waals surface area contributed by atoms with Crippen LogP contribution >= 0.6 is 23.2 Å². The molecule has 0 heterocycles. The molecule has 5 rings (SSSR count). The Hall–Kier alpha value is -2.28. The highest BCUT2D eigenvalue weighted by Crippen LogP contribution is 2.39. The number of alkyl halides is 1. The summed E-state index contributed by atoms with van der Waals surface area (Å²) in [6.45, 7) is 0. The molecule has 0 aliphatic heterocycles. The zero-order valence-electron chi connectivity index (χ0n) is 14.0. The fourth-order valence-electron chi connectivity index (χ4n) is 3.80. The van der Waals surface area contributed by atoms with E-state index in [4.69, 9.17) is 23.2 Å². The predicted octanol–water partition coefficient (Wildman–Crippen LogP) is 7.50. The van der Waals surface area contributed by atoms with Gasteiger partial charge < -0.3 is 0 Å². The van der Waals surface area contributed by atoms with Gasteiger partial charge in [0.15, 0.2) is 0 Å². The van der Waals surface area contributed by atoms with E-state index < -0.39 is 0 Å². The van der Waals surface area contributed by atoms with Crippen molar-refractivity contribution in [3.63, 3.8) is 0 Å². The van der Waals surface area contributed by atoms with Crippen LogP contribution in [-0.2, 0) is 0 Å². The minimum atomic E-state index is 0.531. The quantitative estimate of drug-likeness (QED) is 0.252. The van der Waals surface area contributed by atoms with Gasteiger partial charge in [0, 0.05) is 23.1 Å². The van der Waals surface area contributed by atoms with Crippen LogP contribution in [0.2, 0.25) is 5.02 Å². The predicted molar refractivity (Wildman–Crippen MR) is 114 cm³/mol. The average Bonchev–Trinajstić information content (AvgIpc) is 3.11. The summed E-state index contributed by atoms with van der Waals surface area (Å²) < 4.78 is 0. The molecule has 0 bridgehead atoms. The van der Waals surface area contributed by atoms with Gasteiger partial charge in [0.25, 0.3) is 0 Å². The van der Waals surface area contributed by atoms with Crippen LogP contribution in [0.5, 0.6) is 0 Å². The van der Waals surface area contributed by atoms with E-state index in [-0.39, 0.29) is 0 Å². The van der Waals surface area contributed by atoms with Crippen molar-refractivity contribution in [1.29, 1.82) is 0 Å². The van der Waals surface area contributed by atoms with Crippen molar-refractivity contribution in [1.82, 2.24) is 0 Å². The van der Waals surface area contributed by atoms with Crippen molar-refractivity contribution in [2.24, 2.45) is 0 Å². The van der Waals surface area contributed by atoms with E-state index in [2.05, 4.69) is 67.1 Å². The molecule has 4 aromatic rings. The van der Waals surface area contributed by atoms with E-state index in [0.717, 1.165) is 26.8 Å². The molecule has 4 aromatic carbocycles. The lowest BCUT2D eigenvalue weighted by Gasteiger charge is -2.11. The number of allylic oxidation sites excluding steroid dienone is 1. The molecule has 0 spiro atoms. The summed E-state index contributed by atoms with van der Waals surface area (Å²) in [5.41, 5.74) is 6.00. The highest BCUT2D eigenvalue weighted by Gasteiger charge is 2.17. The van der Waals surface area contributed by atoms with Crippen molar-refractivity contribution in [3.8, 4) is 11.1 Å². The van der Waals surface area contributed by atoms with Crippen molar-refractivity contribution < 1.29 is 0 Å². The van der Waals surface area contributed by atoms with Crippen LogP contribution in [0.4, 0.5) is 0 Å². The van der Waals surface area contributed by atoms with Crippen molar-refractivity contribution in [3.05, 3.63) is 94.9 Å². The fourth-order valence-corrected chi connectivity index (χ4v) is 4.29. The molecule has 2 heteroatoms. The highest BCUT2D eigenvalue weighted by molar-refractivity contribution is 6.40. The van der Waals surface area contributed by atoms with Crippen LogP contribution in [0, 0.1) is 6.42 Å². The molecule has 0 fully saturated rings. The Morgan fingerprint density at radius 1 is 0.769 bits per heavy atom. The molecule has 0 saturated carbocycles. The summed E-state index contributed by atoms with van der Waals surface area (Å²) in [5, 5.41) is 5.33. The molecule has 0 saturated heterocycles. The Morgan fingerprint density at radius 3 is 2.50 bits per heavy atom. The highest BCUT2D eigenvalue weighted by atomic mass is 35.5. The minimum Gasteiger partial charge on any atom is -0.122 e. The topological polar surface area (TPSA) is 0 Å². The molecule has 26 heavy (non-hydrogen) atoms. The molecule has 1 aliphatic carbocycles. The largest absolute Gasteiger partial charge is 0.122 e. The van der Waals surface area contributed by atoms with Crippen LogP contribution in [0.15, 0.2) is 72.3 Å². The maximum Gasteiger partial charge on any atom is 0.0562 e. The van der Waals surface area contributed by atoms with E-state index >= 15 is 0 Å². The third kappa shape index (κ3) is 2.45. The summed E-state index contributed by atoms with van der Waals surface area (Å²) in [7, 11) is 0. The van der Waals surface area contributed by atoms with Crippen LogP contribution in [0.3, 0.4) is 0 Å². The molecule has 0 unspecified atom stereocenters. The smallest absolute Gasteiger partial charge is 0.0562 e. The van der Waals surface area contributed by atoms with Crippen LogP contribution < -0.4 is 0 Å². The second kappa shape index (κ2) is 6.16. The summed E-state index contributed by atoms with van der Waals surface area (Å²) in [6, 6.07) is 23.4. The van der Waals surface area contributed by atoms with Crippen LogP contribution in [-0.4, -0.2) is 5.88 Å². The van der Waals surface area contributed by atoms with Gasteiger partial charge in [0.2, 0.25) is 0 Å². The summed E-state index contributed by atoms with van der Waals surface area (Å²) in [4.78, 5) is 0. The van der Waals surface area contributed by atoms with Gasteiger partial charge in [0.1, 0.15) is 0 Å². The number of hydrogen-bond acceptors (Lipinski definition) is 0. The van der Waals surface area contributed by atoms with Gasteiger partial charge in [-0.1, -0.05) is 72.3 Å². The molecule has 0 N–H and O–H groups in total. The Balaban J connectivity index is 1.75. The average molecular weight is 374 g/mol. The van der Waals surface area contributed by atoms with E-state index in [1.807, 2.05) is 12.1 Å². The molecule has 1 aliphatic rings. The van der Waals surface area contributed by atoms with Crippen molar-refractivity contribution in [2.75, 3.05) is 5.88 Å². The molecular formula is C24H15Cl2. The van der Waals surface area contributed by atoms with Gasteiger partial charge in [-0.15, -0.1) is 11.6 Å². The third-order valence-corrected chi connectivity index (χ3v) is 5.79. The summed E-state index contributed by atoms with van der Waals surface area (Å²) >= 11 is 12.8. The maximum atomic E-state index is 6.76. The second-order valence-electron chi connectivity index (χ2n) is 6.65. The third-order valence-electron chi connectivity index (χ3n) is 5.07. The molecule has 0 atom stereocenters. The molecule has 0 aromatic heterocycles. The Labute approximate surface area is 162 Å². The van der Waals surface area contributed by atoms with E-state index in [9.17, 15) is 0 Å². The minimum absolute atomic E-state index is 0.531. The SMILES string of the molecule is ClCC1=Cc2c(cccc2-c2ccc3cc4ccccc4c(Cl)c3c2)[CH]1. The first-order valence-corrected chi connectivity index (χ1v) is 9.51. The molecular weight excluding hydrogens is 359 g/mol. The van der Waals surface area contributed by atoms with Crippen molar-refractivity contribution in [2.45, 2.75) is 0 Å². The van der Waals surface area contributed by atoms with E-state index in [1.54, 1.807) is 0 Å². The summed E-state index contributed by atoms with van der Waals surface area (Å²) in [5.74, 6) is 0.531. The van der Waals surface area contributed by atoms with E-state index in [1.165, 1.54) is 27.6 Å². The molecule has 1 radical (unpaired) electrons. The number of fused-ring (bicyclic) bond motifs is 3. The van der Waals surface area contributed by atoms with Gasteiger partial charge in [0.05, 0.1) is 5.02 Å². The second-order valence-corrected chi connectivity index (χ2v) is 7.30. The Bertz CT molecular complexity index is 1200. The Morgan fingerprint density at radius 2 is 1.62 bits per heavy atom. The van der Waals surface area contributed by atoms with Gasteiger partial charge in [-0.25, -0.2) is 0 Å². The van der Waals surface area contributed by atoms with Crippen molar-refractivity contribution >= 4 is 50.8 Å². The Kier molecular flexibility index (Phi) is 3.77. The number of benzene rings is 4.